The molecule has 4 bridgehead atoms. The first-order valence-electron chi connectivity index (χ1n) is 10.8. The van der Waals surface area contributed by atoms with Gasteiger partial charge in [-0.05, 0) is 98.4 Å². The van der Waals surface area contributed by atoms with Crippen LogP contribution in [-0.2, 0) is 0 Å². The van der Waals surface area contributed by atoms with E-state index in [9.17, 15) is 4.79 Å². The van der Waals surface area contributed by atoms with Crippen molar-refractivity contribution in [3.8, 4) is 5.75 Å². The highest BCUT2D eigenvalue weighted by Gasteiger charge is 2.51. The van der Waals surface area contributed by atoms with Gasteiger partial charge >= 0.3 is 6.03 Å². The van der Waals surface area contributed by atoms with Crippen molar-refractivity contribution >= 4 is 12.2 Å². The van der Waals surface area contributed by atoms with E-state index in [1.54, 1.807) is 6.21 Å². The summed E-state index contributed by atoms with van der Waals surface area (Å²) in [6, 6.07) is 7.61. The van der Waals surface area contributed by atoms with Crippen molar-refractivity contribution in [2.45, 2.75) is 64.3 Å². The van der Waals surface area contributed by atoms with Crippen LogP contribution in [-0.4, -0.2) is 24.4 Å². The normalized spacial score (nSPS) is 30.8. The molecule has 0 aromatic heterocycles. The van der Waals surface area contributed by atoms with Crippen molar-refractivity contribution in [2.75, 3.05) is 6.61 Å². The number of hydrogen-bond donors (Lipinski definition) is 2. The van der Waals surface area contributed by atoms with Gasteiger partial charge in [0.05, 0.1) is 12.8 Å². The molecule has 1 aromatic rings. The number of carbonyl (C=O) groups is 1. The summed E-state index contributed by atoms with van der Waals surface area (Å²) in [4.78, 5) is 12.4. The number of rotatable bonds is 7. The fourth-order valence-corrected chi connectivity index (χ4v) is 5.76. The van der Waals surface area contributed by atoms with Crippen LogP contribution >= 0.6 is 0 Å². The van der Waals surface area contributed by atoms with Gasteiger partial charge in [0, 0.05) is 5.54 Å². The second kappa shape index (κ2) is 8.14. The molecule has 4 aliphatic carbocycles. The highest BCUT2D eigenvalue weighted by atomic mass is 16.5. The van der Waals surface area contributed by atoms with E-state index in [0.29, 0.717) is 5.92 Å². The molecule has 0 saturated heterocycles. The van der Waals surface area contributed by atoms with Gasteiger partial charge in [0.1, 0.15) is 5.75 Å². The molecule has 5 nitrogen and oxygen atoms in total. The fourth-order valence-electron chi connectivity index (χ4n) is 5.76. The summed E-state index contributed by atoms with van der Waals surface area (Å²) in [5, 5.41) is 7.40. The maximum absolute atomic E-state index is 12.4. The molecule has 0 heterocycles. The van der Waals surface area contributed by atoms with Crippen molar-refractivity contribution in [3.05, 3.63) is 29.8 Å². The lowest BCUT2D eigenvalue weighted by molar-refractivity contribution is -0.0135. The molecule has 0 unspecified atom stereocenters. The third-order valence-electron chi connectivity index (χ3n) is 6.64. The van der Waals surface area contributed by atoms with Gasteiger partial charge in [-0.3, -0.25) is 0 Å². The third kappa shape index (κ3) is 4.68. The van der Waals surface area contributed by atoms with Gasteiger partial charge in [0.15, 0.2) is 0 Å². The molecule has 4 fully saturated rings. The highest BCUT2D eigenvalue weighted by Crippen LogP contribution is 2.55. The summed E-state index contributed by atoms with van der Waals surface area (Å²) >= 11 is 0. The van der Waals surface area contributed by atoms with Crippen LogP contribution in [0.5, 0.6) is 5.75 Å². The van der Waals surface area contributed by atoms with Crippen LogP contribution in [0.2, 0.25) is 0 Å². The fraction of sp³-hybridized carbons (Fsp3) is 0.652. The molecule has 2 amide bonds. The summed E-state index contributed by atoms with van der Waals surface area (Å²) in [7, 11) is 0. The first kappa shape index (κ1) is 19.3. The van der Waals surface area contributed by atoms with Crippen molar-refractivity contribution in [1.82, 2.24) is 10.7 Å². The van der Waals surface area contributed by atoms with E-state index >= 15 is 0 Å². The van der Waals surface area contributed by atoms with E-state index in [0.717, 1.165) is 61.4 Å². The maximum atomic E-state index is 12.4. The number of ether oxygens (including phenoxy) is 1. The highest BCUT2D eigenvalue weighted by molar-refractivity contribution is 5.82. The summed E-state index contributed by atoms with van der Waals surface area (Å²) in [5.74, 6) is 3.95. The number of carbonyl (C=O) groups excluding carboxylic acids is 1. The Morgan fingerprint density at radius 2 is 1.75 bits per heavy atom. The molecule has 0 aliphatic heterocycles. The lowest BCUT2D eigenvalue weighted by Crippen LogP contribution is -2.61. The zero-order valence-electron chi connectivity index (χ0n) is 17.1. The molecular weight excluding hydrogens is 350 g/mol. The summed E-state index contributed by atoms with van der Waals surface area (Å²) in [6.45, 7) is 5.11. The van der Waals surface area contributed by atoms with Crippen molar-refractivity contribution < 1.29 is 9.53 Å². The summed E-state index contributed by atoms with van der Waals surface area (Å²) in [5.41, 5.74) is 3.61. The summed E-state index contributed by atoms with van der Waals surface area (Å²) in [6.07, 6.45) is 10.3. The molecule has 4 saturated carbocycles. The Bertz CT molecular complexity index is 676. The second-order valence-corrected chi connectivity index (χ2v) is 9.62. The van der Waals surface area contributed by atoms with E-state index < -0.39 is 0 Å². The Balaban J connectivity index is 1.24. The van der Waals surface area contributed by atoms with Crippen LogP contribution in [0.1, 0.15) is 64.4 Å². The maximum Gasteiger partial charge on any atom is 0.335 e. The zero-order chi connectivity index (χ0) is 19.6. The lowest BCUT2D eigenvalue weighted by Gasteiger charge is -2.56. The van der Waals surface area contributed by atoms with Gasteiger partial charge in [0.25, 0.3) is 0 Å². The molecular formula is C23H33N3O2. The minimum atomic E-state index is -0.174. The molecule has 5 rings (SSSR count). The Kier molecular flexibility index (Phi) is 5.61. The standard InChI is InChI=1S/C23H33N3O2/c1-16(2)7-8-28-21-5-3-17(4-6-21)15-24-26-22(27)25-23-12-18-9-19(13-23)11-20(10-18)14-23/h3-6,15-16,18-20H,7-14H2,1-2H3,(H2,25,26,27)/b24-15+. The minimum Gasteiger partial charge on any atom is -0.494 e. The number of hydrazone groups is 1. The predicted molar refractivity (Wildman–Crippen MR) is 112 cm³/mol. The van der Waals surface area contributed by atoms with E-state index in [-0.39, 0.29) is 11.6 Å². The largest absolute Gasteiger partial charge is 0.494 e. The molecule has 0 radical (unpaired) electrons. The molecule has 28 heavy (non-hydrogen) atoms. The molecule has 5 heteroatoms. The van der Waals surface area contributed by atoms with E-state index in [4.69, 9.17) is 4.74 Å². The average Bonchev–Trinajstić information content (AvgIpc) is 2.61. The molecule has 0 atom stereocenters. The Morgan fingerprint density at radius 3 is 2.32 bits per heavy atom. The lowest BCUT2D eigenvalue weighted by atomic mass is 9.53. The minimum absolute atomic E-state index is 0.0172. The van der Waals surface area contributed by atoms with E-state index in [1.165, 1.54) is 19.3 Å². The van der Waals surface area contributed by atoms with Crippen molar-refractivity contribution in [1.29, 1.82) is 0 Å². The van der Waals surface area contributed by atoms with Crippen molar-refractivity contribution in [3.63, 3.8) is 0 Å². The van der Waals surface area contributed by atoms with E-state index in [2.05, 4.69) is 29.7 Å². The SMILES string of the molecule is CC(C)CCOc1ccc(/C=N/NC(=O)NC23CC4CC(CC(C4)C2)C3)cc1. The van der Waals surface area contributed by atoms with Gasteiger partial charge in [-0.25, -0.2) is 10.2 Å². The second-order valence-electron chi connectivity index (χ2n) is 9.62. The third-order valence-corrected chi connectivity index (χ3v) is 6.64. The van der Waals surface area contributed by atoms with Gasteiger partial charge < -0.3 is 10.1 Å². The van der Waals surface area contributed by atoms with Crippen LogP contribution < -0.4 is 15.5 Å². The Morgan fingerprint density at radius 1 is 1.14 bits per heavy atom. The monoisotopic (exact) mass is 383 g/mol. The van der Waals surface area contributed by atoms with Crippen LogP contribution in [0, 0.1) is 23.7 Å². The first-order valence-corrected chi connectivity index (χ1v) is 10.8. The first-order chi connectivity index (χ1) is 13.5. The number of nitrogens with zero attached hydrogens (tertiary/aromatic N) is 1. The Labute approximate surface area is 168 Å². The topological polar surface area (TPSA) is 62.7 Å². The zero-order valence-corrected chi connectivity index (χ0v) is 17.1. The summed E-state index contributed by atoms with van der Waals surface area (Å²) < 4.78 is 5.72. The number of benzene rings is 1. The number of amides is 2. The van der Waals surface area contributed by atoms with Gasteiger partial charge in [-0.1, -0.05) is 13.8 Å². The van der Waals surface area contributed by atoms with E-state index in [1.807, 2.05) is 24.3 Å². The van der Waals surface area contributed by atoms with Gasteiger partial charge in [0.2, 0.25) is 0 Å². The quantitative estimate of drug-likeness (QED) is 0.529. The van der Waals surface area contributed by atoms with Crippen LogP contribution in [0.25, 0.3) is 0 Å². The van der Waals surface area contributed by atoms with Crippen molar-refractivity contribution in [2.24, 2.45) is 28.8 Å². The number of hydrogen-bond acceptors (Lipinski definition) is 3. The van der Waals surface area contributed by atoms with Crippen LogP contribution in [0.15, 0.2) is 29.4 Å². The van der Waals surface area contributed by atoms with Crippen LogP contribution in [0.3, 0.4) is 0 Å². The Hall–Kier alpha value is -2.04. The average molecular weight is 384 g/mol. The predicted octanol–water partition coefficient (Wildman–Crippen LogP) is 4.71. The molecule has 4 aliphatic rings. The number of nitrogens with one attached hydrogen (secondary N) is 2. The van der Waals surface area contributed by atoms with Crippen LogP contribution in [0.4, 0.5) is 4.79 Å². The molecule has 0 spiro atoms. The van der Waals surface area contributed by atoms with Gasteiger partial charge in [-0.2, -0.15) is 5.10 Å². The molecule has 2 N–H and O–H groups in total. The molecule has 1 aromatic carbocycles. The smallest absolute Gasteiger partial charge is 0.335 e. The molecule has 152 valence electrons. The van der Waals surface area contributed by atoms with Gasteiger partial charge in [-0.15, -0.1) is 0 Å². The number of urea groups is 1.